The zero-order valence-electron chi connectivity index (χ0n) is 11.0. The molecule has 100 valence electrons. The molecule has 0 heterocycles. The average Bonchev–Trinajstić information content (AvgIpc) is 2.30. The van der Waals surface area contributed by atoms with E-state index in [0.717, 1.165) is 29.3 Å². The van der Waals surface area contributed by atoms with Crippen LogP contribution in [0.15, 0.2) is 28.7 Å². The number of carboxylic acids is 1. The molecule has 0 fully saturated rings. The Balaban J connectivity index is 2.52. The van der Waals surface area contributed by atoms with E-state index in [4.69, 9.17) is 0 Å². The molecule has 0 aliphatic heterocycles. The minimum atomic E-state index is -0.679. The lowest BCUT2D eigenvalue weighted by molar-refractivity contribution is -0.142. The van der Waals surface area contributed by atoms with E-state index < -0.39 is 5.97 Å². The lowest BCUT2D eigenvalue weighted by Gasteiger charge is -2.13. The van der Waals surface area contributed by atoms with E-state index in [1.54, 1.807) is 0 Å². The van der Waals surface area contributed by atoms with Crippen LogP contribution in [0, 0.1) is 11.8 Å². The van der Waals surface area contributed by atoms with Gasteiger partial charge in [0.2, 0.25) is 0 Å². The SMILES string of the molecule is CC(C)CCCC(Cc1ccc(Br)cc1)C(=O)O. The zero-order chi connectivity index (χ0) is 13.5. The molecule has 1 aromatic rings. The number of carbonyl (C=O) groups is 1. The summed E-state index contributed by atoms with van der Waals surface area (Å²) in [6, 6.07) is 7.90. The summed E-state index contributed by atoms with van der Waals surface area (Å²) in [6.07, 6.45) is 3.49. The Hall–Kier alpha value is -0.830. The molecule has 0 radical (unpaired) electrons. The van der Waals surface area contributed by atoms with Crippen LogP contribution in [0.25, 0.3) is 0 Å². The van der Waals surface area contributed by atoms with Gasteiger partial charge in [-0.15, -0.1) is 0 Å². The van der Waals surface area contributed by atoms with Gasteiger partial charge in [0, 0.05) is 4.47 Å². The van der Waals surface area contributed by atoms with Gasteiger partial charge in [0.1, 0.15) is 0 Å². The Bertz CT molecular complexity index is 371. The fraction of sp³-hybridized carbons (Fsp3) is 0.533. The molecular formula is C15H21BrO2. The molecule has 1 rings (SSSR count). The fourth-order valence-corrected chi connectivity index (χ4v) is 2.25. The normalized spacial score (nSPS) is 12.7. The smallest absolute Gasteiger partial charge is 0.306 e. The van der Waals surface area contributed by atoms with Crippen LogP contribution in [0.4, 0.5) is 0 Å². The van der Waals surface area contributed by atoms with Crippen molar-refractivity contribution in [3.05, 3.63) is 34.3 Å². The maximum absolute atomic E-state index is 11.2. The Morgan fingerprint density at radius 2 is 1.83 bits per heavy atom. The van der Waals surface area contributed by atoms with Crippen molar-refractivity contribution in [2.75, 3.05) is 0 Å². The van der Waals surface area contributed by atoms with Crippen LogP contribution in [-0.4, -0.2) is 11.1 Å². The highest BCUT2D eigenvalue weighted by Crippen LogP contribution is 2.19. The molecule has 3 heteroatoms. The summed E-state index contributed by atoms with van der Waals surface area (Å²) >= 11 is 3.38. The first-order chi connectivity index (χ1) is 8.49. The van der Waals surface area contributed by atoms with E-state index in [1.165, 1.54) is 0 Å². The van der Waals surface area contributed by atoms with Gasteiger partial charge in [-0.25, -0.2) is 0 Å². The van der Waals surface area contributed by atoms with Gasteiger partial charge in [0.05, 0.1) is 5.92 Å². The number of hydrogen-bond donors (Lipinski definition) is 1. The third-order valence-electron chi connectivity index (χ3n) is 3.08. The first kappa shape index (κ1) is 15.2. The Morgan fingerprint density at radius 1 is 1.22 bits per heavy atom. The third-order valence-corrected chi connectivity index (χ3v) is 3.61. The van der Waals surface area contributed by atoms with E-state index in [1.807, 2.05) is 24.3 Å². The second-order valence-corrected chi connectivity index (χ2v) is 6.11. The number of hydrogen-bond acceptors (Lipinski definition) is 1. The van der Waals surface area contributed by atoms with Gasteiger partial charge < -0.3 is 5.11 Å². The maximum atomic E-state index is 11.2. The topological polar surface area (TPSA) is 37.3 Å². The standard InChI is InChI=1S/C15H21BrO2/c1-11(2)4-3-5-13(15(17)18)10-12-6-8-14(16)9-7-12/h6-9,11,13H,3-5,10H2,1-2H3,(H,17,18). The van der Waals surface area contributed by atoms with Crippen molar-refractivity contribution in [1.29, 1.82) is 0 Å². The van der Waals surface area contributed by atoms with Crippen molar-refractivity contribution in [2.45, 2.75) is 39.5 Å². The minimum absolute atomic E-state index is 0.259. The van der Waals surface area contributed by atoms with Gasteiger partial charge in [-0.1, -0.05) is 54.8 Å². The van der Waals surface area contributed by atoms with Crippen molar-refractivity contribution >= 4 is 21.9 Å². The van der Waals surface area contributed by atoms with Crippen molar-refractivity contribution < 1.29 is 9.90 Å². The molecule has 1 unspecified atom stereocenters. The van der Waals surface area contributed by atoms with Crippen LogP contribution < -0.4 is 0 Å². The van der Waals surface area contributed by atoms with E-state index in [2.05, 4.69) is 29.8 Å². The van der Waals surface area contributed by atoms with Gasteiger partial charge in [-0.05, 0) is 36.5 Å². The molecule has 0 saturated heterocycles. The number of aliphatic carboxylic acids is 1. The lowest BCUT2D eigenvalue weighted by Crippen LogP contribution is -2.16. The fourth-order valence-electron chi connectivity index (χ4n) is 1.99. The van der Waals surface area contributed by atoms with Crippen LogP contribution >= 0.6 is 15.9 Å². The molecule has 1 atom stereocenters. The summed E-state index contributed by atoms with van der Waals surface area (Å²) < 4.78 is 1.03. The Labute approximate surface area is 118 Å². The highest BCUT2D eigenvalue weighted by molar-refractivity contribution is 9.10. The molecule has 1 N–H and O–H groups in total. The molecule has 0 aliphatic rings. The molecule has 1 aromatic carbocycles. The minimum Gasteiger partial charge on any atom is -0.481 e. The van der Waals surface area contributed by atoms with E-state index in [0.29, 0.717) is 12.3 Å². The molecule has 0 amide bonds. The highest BCUT2D eigenvalue weighted by Gasteiger charge is 2.17. The van der Waals surface area contributed by atoms with Crippen molar-refractivity contribution in [3.8, 4) is 0 Å². The monoisotopic (exact) mass is 312 g/mol. The summed E-state index contributed by atoms with van der Waals surface area (Å²) in [7, 11) is 0. The first-order valence-electron chi connectivity index (χ1n) is 6.46. The molecular weight excluding hydrogens is 292 g/mol. The van der Waals surface area contributed by atoms with Crippen LogP contribution in [0.2, 0.25) is 0 Å². The predicted molar refractivity (Wildman–Crippen MR) is 77.7 cm³/mol. The largest absolute Gasteiger partial charge is 0.481 e. The Morgan fingerprint density at radius 3 is 2.33 bits per heavy atom. The second kappa shape index (κ2) is 7.57. The van der Waals surface area contributed by atoms with E-state index in [-0.39, 0.29) is 5.92 Å². The average molecular weight is 313 g/mol. The zero-order valence-corrected chi connectivity index (χ0v) is 12.6. The van der Waals surface area contributed by atoms with Gasteiger partial charge in [0.15, 0.2) is 0 Å². The molecule has 2 nitrogen and oxygen atoms in total. The number of rotatable bonds is 7. The van der Waals surface area contributed by atoms with Crippen LogP contribution in [0.5, 0.6) is 0 Å². The molecule has 0 spiro atoms. The summed E-state index contributed by atoms with van der Waals surface area (Å²) in [5.41, 5.74) is 1.09. The van der Waals surface area contributed by atoms with Gasteiger partial charge in [-0.2, -0.15) is 0 Å². The third kappa shape index (κ3) is 5.67. The summed E-state index contributed by atoms with van der Waals surface area (Å²) in [5, 5.41) is 9.25. The van der Waals surface area contributed by atoms with Crippen molar-refractivity contribution in [3.63, 3.8) is 0 Å². The Kier molecular flexibility index (Phi) is 6.41. The van der Waals surface area contributed by atoms with E-state index in [9.17, 15) is 9.90 Å². The van der Waals surface area contributed by atoms with Crippen molar-refractivity contribution in [2.24, 2.45) is 11.8 Å². The van der Waals surface area contributed by atoms with Gasteiger partial charge in [0.25, 0.3) is 0 Å². The summed E-state index contributed by atoms with van der Waals surface area (Å²) in [6.45, 7) is 4.34. The number of carboxylic acid groups (broad SMARTS) is 1. The predicted octanol–water partition coefficient (Wildman–Crippen LogP) is 4.52. The molecule has 0 saturated carbocycles. The van der Waals surface area contributed by atoms with Crippen LogP contribution in [-0.2, 0) is 11.2 Å². The number of benzene rings is 1. The summed E-state index contributed by atoms with van der Waals surface area (Å²) in [4.78, 5) is 11.2. The lowest BCUT2D eigenvalue weighted by atomic mass is 9.92. The molecule has 0 bridgehead atoms. The van der Waals surface area contributed by atoms with E-state index >= 15 is 0 Å². The van der Waals surface area contributed by atoms with Crippen LogP contribution in [0.1, 0.15) is 38.7 Å². The van der Waals surface area contributed by atoms with Gasteiger partial charge in [-0.3, -0.25) is 4.79 Å². The van der Waals surface area contributed by atoms with Gasteiger partial charge >= 0.3 is 5.97 Å². The number of halogens is 1. The first-order valence-corrected chi connectivity index (χ1v) is 7.25. The summed E-state index contributed by atoms with van der Waals surface area (Å²) in [5.74, 6) is -0.293. The maximum Gasteiger partial charge on any atom is 0.306 e. The molecule has 18 heavy (non-hydrogen) atoms. The quantitative estimate of drug-likeness (QED) is 0.803. The molecule has 0 aromatic heterocycles. The van der Waals surface area contributed by atoms with Crippen LogP contribution in [0.3, 0.4) is 0 Å². The highest BCUT2D eigenvalue weighted by atomic mass is 79.9. The van der Waals surface area contributed by atoms with Crippen molar-refractivity contribution in [1.82, 2.24) is 0 Å². The molecule has 0 aliphatic carbocycles. The second-order valence-electron chi connectivity index (χ2n) is 5.19.